The summed E-state index contributed by atoms with van der Waals surface area (Å²) in [6.07, 6.45) is 1.61. The molecule has 1 heterocycles. The largest absolute Gasteiger partial charge is 0.383 e. The lowest BCUT2D eigenvalue weighted by Crippen LogP contribution is -2.14. The van der Waals surface area contributed by atoms with Crippen LogP contribution in [0.5, 0.6) is 0 Å². The summed E-state index contributed by atoms with van der Waals surface area (Å²) in [5.74, 6) is 0.475. The second-order valence-corrected chi connectivity index (χ2v) is 5.62. The lowest BCUT2D eigenvalue weighted by atomic mass is 10.2. The molecule has 0 bridgehead atoms. The maximum atomic E-state index is 12.3. The number of methoxy groups -OCH3 is 1. The van der Waals surface area contributed by atoms with Gasteiger partial charge in [-0.2, -0.15) is 0 Å². The minimum atomic E-state index is -0.173. The topological polar surface area (TPSA) is 63.2 Å². The molecule has 1 aromatic heterocycles. The zero-order valence-electron chi connectivity index (χ0n) is 12.5. The predicted molar refractivity (Wildman–Crippen MR) is 91.4 cm³/mol. The molecule has 0 aliphatic carbocycles. The van der Waals surface area contributed by atoms with Gasteiger partial charge in [-0.3, -0.25) is 4.79 Å². The van der Waals surface area contributed by atoms with Crippen LogP contribution >= 0.6 is 15.9 Å². The van der Waals surface area contributed by atoms with E-state index < -0.39 is 0 Å². The average Bonchev–Trinajstić information content (AvgIpc) is 2.51. The number of halogens is 1. The number of benzene rings is 1. The molecule has 0 aliphatic rings. The van der Waals surface area contributed by atoms with E-state index in [9.17, 15) is 4.79 Å². The summed E-state index contributed by atoms with van der Waals surface area (Å²) in [7, 11) is 1.64. The third-order valence-electron chi connectivity index (χ3n) is 3.06. The van der Waals surface area contributed by atoms with Crippen molar-refractivity contribution in [3.63, 3.8) is 0 Å². The fourth-order valence-corrected chi connectivity index (χ4v) is 2.20. The Balaban J connectivity index is 2.05. The van der Waals surface area contributed by atoms with Gasteiger partial charge in [-0.25, -0.2) is 4.98 Å². The number of anilines is 2. The summed E-state index contributed by atoms with van der Waals surface area (Å²) in [6.45, 7) is 3.21. The van der Waals surface area contributed by atoms with Gasteiger partial charge in [0.25, 0.3) is 5.91 Å². The van der Waals surface area contributed by atoms with Crippen LogP contribution in [0.2, 0.25) is 0 Å². The van der Waals surface area contributed by atoms with Crippen molar-refractivity contribution in [2.75, 3.05) is 30.9 Å². The van der Waals surface area contributed by atoms with Gasteiger partial charge in [0.05, 0.1) is 6.61 Å². The second kappa shape index (κ2) is 7.91. The van der Waals surface area contributed by atoms with Crippen molar-refractivity contribution in [1.29, 1.82) is 0 Å². The van der Waals surface area contributed by atoms with Crippen molar-refractivity contribution in [1.82, 2.24) is 4.98 Å². The number of nitrogens with zero attached hydrogens (tertiary/aromatic N) is 1. The predicted octanol–water partition coefficient (Wildman–Crippen LogP) is 3.46. The van der Waals surface area contributed by atoms with E-state index in [-0.39, 0.29) is 5.91 Å². The first-order valence-corrected chi connectivity index (χ1v) is 7.66. The molecule has 0 radical (unpaired) electrons. The molecule has 0 spiro atoms. The van der Waals surface area contributed by atoms with Crippen molar-refractivity contribution in [3.05, 3.63) is 52.1 Å². The lowest BCUT2D eigenvalue weighted by Gasteiger charge is -2.09. The van der Waals surface area contributed by atoms with Crippen LogP contribution in [0.3, 0.4) is 0 Å². The van der Waals surface area contributed by atoms with E-state index in [1.807, 2.05) is 25.1 Å². The third-order valence-corrected chi connectivity index (χ3v) is 3.92. The molecule has 0 saturated heterocycles. The summed E-state index contributed by atoms with van der Waals surface area (Å²) in [4.78, 5) is 16.5. The Kier molecular flexibility index (Phi) is 5.91. The van der Waals surface area contributed by atoms with E-state index in [0.717, 1.165) is 15.7 Å². The molecule has 0 saturated carbocycles. The van der Waals surface area contributed by atoms with Crippen LogP contribution in [0, 0.1) is 6.92 Å². The fraction of sp³-hybridized carbons (Fsp3) is 0.250. The number of rotatable bonds is 6. The summed E-state index contributed by atoms with van der Waals surface area (Å²) < 4.78 is 5.93. The number of aromatic nitrogens is 1. The first-order chi connectivity index (χ1) is 10.6. The molecule has 1 amide bonds. The van der Waals surface area contributed by atoms with Gasteiger partial charge in [0.2, 0.25) is 0 Å². The summed E-state index contributed by atoms with van der Waals surface area (Å²) in [6, 6.07) is 9.10. The molecule has 116 valence electrons. The molecular weight excluding hydrogens is 346 g/mol. The maximum Gasteiger partial charge on any atom is 0.255 e. The number of carbonyl (C=O) groups is 1. The molecular formula is C16H18BrN3O2. The number of amides is 1. The van der Waals surface area contributed by atoms with Gasteiger partial charge in [-0.1, -0.05) is 22.0 Å². The molecule has 2 aromatic rings. The van der Waals surface area contributed by atoms with Crippen LogP contribution in [-0.2, 0) is 4.74 Å². The van der Waals surface area contributed by atoms with E-state index >= 15 is 0 Å². The van der Waals surface area contributed by atoms with Gasteiger partial charge < -0.3 is 15.4 Å². The van der Waals surface area contributed by atoms with E-state index in [0.29, 0.717) is 24.5 Å². The highest BCUT2D eigenvalue weighted by Gasteiger charge is 2.08. The Morgan fingerprint density at radius 2 is 2.14 bits per heavy atom. The van der Waals surface area contributed by atoms with Gasteiger partial charge in [0.15, 0.2) is 0 Å². The fourth-order valence-electron chi connectivity index (χ4n) is 1.82. The van der Waals surface area contributed by atoms with E-state index in [1.54, 1.807) is 25.4 Å². The Hall–Kier alpha value is -1.92. The molecule has 22 heavy (non-hydrogen) atoms. The van der Waals surface area contributed by atoms with Crippen molar-refractivity contribution in [3.8, 4) is 0 Å². The highest BCUT2D eigenvalue weighted by Crippen LogP contribution is 2.21. The van der Waals surface area contributed by atoms with Crippen molar-refractivity contribution >= 4 is 33.3 Å². The van der Waals surface area contributed by atoms with Crippen molar-refractivity contribution in [2.45, 2.75) is 6.92 Å². The standard InChI is InChI=1S/C16H18BrN3O2/c1-11-3-4-13(10-14(11)17)20-16(21)12-5-6-18-15(9-12)19-7-8-22-2/h3-6,9-10H,7-8H2,1-2H3,(H,18,19)(H,20,21). The van der Waals surface area contributed by atoms with Gasteiger partial charge in [-0.05, 0) is 36.8 Å². The molecule has 6 heteroatoms. The molecule has 1 aromatic carbocycles. The highest BCUT2D eigenvalue weighted by atomic mass is 79.9. The van der Waals surface area contributed by atoms with Crippen LogP contribution in [0.4, 0.5) is 11.5 Å². The van der Waals surface area contributed by atoms with Crippen LogP contribution in [0.1, 0.15) is 15.9 Å². The average molecular weight is 364 g/mol. The highest BCUT2D eigenvalue weighted by molar-refractivity contribution is 9.10. The minimum absolute atomic E-state index is 0.173. The molecule has 0 unspecified atom stereocenters. The third kappa shape index (κ3) is 4.54. The molecule has 2 N–H and O–H groups in total. The first-order valence-electron chi connectivity index (χ1n) is 6.86. The summed E-state index contributed by atoms with van der Waals surface area (Å²) in [5, 5.41) is 5.97. The maximum absolute atomic E-state index is 12.3. The van der Waals surface area contributed by atoms with E-state index in [2.05, 4.69) is 31.5 Å². The van der Waals surface area contributed by atoms with Crippen molar-refractivity contribution < 1.29 is 9.53 Å². The Labute approximate surface area is 138 Å². The summed E-state index contributed by atoms with van der Waals surface area (Å²) in [5.41, 5.74) is 2.41. The van der Waals surface area contributed by atoms with Gasteiger partial charge in [0, 0.05) is 35.6 Å². The molecule has 0 fully saturated rings. The van der Waals surface area contributed by atoms with E-state index in [1.165, 1.54) is 0 Å². The number of hydrogen-bond donors (Lipinski definition) is 2. The SMILES string of the molecule is COCCNc1cc(C(=O)Nc2ccc(C)c(Br)c2)ccn1. The zero-order valence-corrected chi connectivity index (χ0v) is 14.1. The Morgan fingerprint density at radius 3 is 2.86 bits per heavy atom. The number of aryl methyl sites for hydroxylation is 1. The number of nitrogens with one attached hydrogen (secondary N) is 2. The number of carbonyl (C=O) groups excluding carboxylic acids is 1. The first kappa shape index (κ1) is 16.5. The van der Waals surface area contributed by atoms with Crippen molar-refractivity contribution in [2.24, 2.45) is 0 Å². The van der Waals surface area contributed by atoms with Gasteiger partial charge >= 0.3 is 0 Å². The molecule has 5 nitrogen and oxygen atoms in total. The van der Waals surface area contributed by atoms with Gasteiger partial charge in [-0.15, -0.1) is 0 Å². The number of pyridine rings is 1. The normalized spacial score (nSPS) is 10.3. The van der Waals surface area contributed by atoms with Crippen LogP contribution in [-0.4, -0.2) is 31.2 Å². The number of hydrogen-bond acceptors (Lipinski definition) is 4. The van der Waals surface area contributed by atoms with Crippen LogP contribution in [0.25, 0.3) is 0 Å². The monoisotopic (exact) mass is 363 g/mol. The summed E-state index contributed by atoms with van der Waals surface area (Å²) >= 11 is 3.46. The van der Waals surface area contributed by atoms with E-state index in [4.69, 9.17) is 4.74 Å². The van der Waals surface area contributed by atoms with Crippen LogP contribution < -0.4 is 10.6 Å². The Morgan fingerprint density at radius 1 is 1.32 bits per heavy atom. The Bertz CT molecular complexity index is 662. The minimum Gasteiger partial charge on any atom is -0.383 e. The lowest BCUT2D eigenvalue weighted by molar-refractivity contribution is 0.102. The zero-order chi connectivity index (χ0) is 15.9. The number of ether oxygens (including phenoxy) is 1. The quantitative estimate of drug-likeness (QED) is 0.771. The van der Waals surface area contributed by atoms with Crippen LogP contribution in [0.15, 0.2) is 41.0 Å². The smallest absolute Gasteiger partial charge is 0.255 e. The molecule has 0 atom stereocenters. The molecule has 0 aliphatic heterocycles. The van der Waals surface area contributed by atoms with Gasteiger partial charge in [0.1, 0.15) is 5.82 Å². The second-order valence-electron chi connectivity index (χ2n) is 4.77. The molecule has 2 rings (SSSR count).